The Hall–Kier alpha value is -2.30. The fraction of sp³-hybridized carbons (Fsp3) is 0.412. The van der Waals surface area contributed by atoms with Crippen molar-refractivity contribution in [3.05, 3.63) is 48.3 Å². The van der Waals surface area contributed by atoms with Gasteiger partial charge in [0.1, 0.15) is 0 Å². The maximum absolute atomic E-state index is 6.04. The van der Waals surface area contributed by atoms with Crippen LogP contribution < -0.4 is 11.1 Å². The van der Waals surface area contributed by atoms with Crippen LogP contribution in [0.5, 0.6) is 0 Å². The first-order valence-electron chi connectivity index (χ1n) is 7.97. The molecule has 0 saturated heterocycles. The normalized spacial score (nSPS) is 16.6. The van der Waals surface area contributed by atoms with Crippen molar-refractivity contribution in [2.75, 3.05) is 0 Å². The lowest BCUT2D eigenvalue weighted by Crippen LogP contribution is -2.41. The zero-order valence-corrected chi connectivity index (χ0v) is 12.8. The third kappa shape index (κ3) is 3.67. The molecule has 1 aliphatic carbocycles. The summed E-state index contributed by atoms with van der Waals surface area (Å²) in [5.74, 6) is 0.544. The first kappa shape index (κ1) is 14.6. The Labute approximate surface area is 131 Å². The standard InChI is InChI=1S/C17H23N5/c18-17(21-15-8-2-1-3-9-15)19-13-14-7-4-5-10-16(14)22-12-6-11-20-22/h4-7,10-12,15H,1-3,8-9,13H2,(H3,18,19,21). The first-order valence-corrected chi connectivity index (χ1v) is 7.97. The zero-order chi connectivity index (χ0) is 15.2. The Morgan fingerprint density at radius 3 is 2.82 bits per heavy atom. The van der Waals surface area contributed by atoms with Crippen molar-refractivity contribution in [2.45, 2.75) is 44.7 Å². The van der Waals surface area contributed by atoms with Crippen LogP contribution in [0.2, 0.25) is 0 Å². The van der Waals surface area contributed by atoms with E-state index in [4.69, 9.17) is 5.73 Å². The minimum atomic E-state index is 0.485. The van der Waals surface area contributed by atoms with Crippen LogP contribution in [-0.2, 0) is 6.54 Å². The van der Waals surface area contributed by atoms with Gasteiger partial charge in [-0.1, -0.05) is 37.5 Å². The highest BCUT2D eigenvalue weighted by Crippen LogP contribution is 2.17. The Kier molecular flexibility index (Phi) is 4.73. The molecule has 1 saturated carbocycles. The summed E-state index contributed by atoms with van der Waals surface area (Å²) < 4.78 is 1.86. The number of nitrogens with two attached hydrogens (primary N) is 1. The molecule has 0 atom stereocenters. The summed E-state index contributed by atoms with van der Waals surface area (Å²) in [5, 5.41) is 7.64. The molecule has 0 aliphatic heterocycles. The van der Waals surface area contributed by atoms with E-state index >= 15 is 0 Å². The Balaban J connectivity index is 1.66. The molecule has 3 N–H and O–H groups in total. The van der Waals surface area contributed by atoms with Crippen LogP contribution in [0.25, 0.3) is 5.69 Å². The lowest BCUT2D eigenvalue weighted by atomic mass is 9.96. The lowest BCUT2D eigenvalue weighted by molar-refractivity contribution is 0.412. The van der Waals surface area contributed by atoms with Crippen LogP contribution in [0, 0.1) is 0 Å². The van der Waals surface area contributed by atoms with E-state index in [-0.39, 0.29) is 0 Å². The van der Waals surface area contributed by atoms with Crippen molar-refractivity contribution in [3.8, 4) is 5.69 Å². The predicted molar refractivity (Wildman–Crippen MR) is 88.9 cm³/mol. The molecule has 1 aliphatic rings. The molecule has 1 heterocycles. The predicted octanol–water partition coefficient (Wildman–Crippen LogP) is 2.61. The largest absolute Gasteiger partial charge is 0.370 e. The second-order valence-corrected chi connectivity index (χ2v) is 5.76. The summed E-state index contributed by atoms with van der Waals surface area (Å²) in [5.41, 5.74) is 8.19. The van der Waals surface area contributed by atoms with Gasteiger partial charge in [0.2, 0.25) is 0 Å². The molecule has 5 nitrogen and oxygen atoms in total. The number of guanidine groups is 1. The molecule has 116 valence electrons. The Morgan fingerprint density at radius 2 is 2.05 bits per heavy atom. The van der Waals surface area contributed by atoms with Crippen LogP contribution in [0.3, 0.4) is 0 Å². The number of nitrogens with zero attached hydrogens (tertiary/aromatic N) is 3. The SMILES string of the molecule is NC(=NCc1ccccc1-n1cccn1)NC1CCCCC1. The monoisotopic (exact) mass is 297 g/mol. The number of aliphatic imine (C=N–C) groups is 1. The smallest absolute Gasteiger partial charge is 0.189 e. The highest BCUT2D eigenvalue weighted by molar-refractivity contribution is 5.78. The van der Waals surface area contributed by atoms with E-state index in [9.17, 15) is 0 Å². The van der Waals surface area contributed by atoms with Crippen LogP contribution in [0.15, 0.2) is 47.7 Å². The van der Waals surface area contributed by atoms with Crippen molar-refractivity contribution >= 4 is 5.96 Å². The third-order valence-corrected chi connectivity index (χ3v) is 4.12. The summed E-state index contributed by atoms with van der Waals surface area (Å²) in [6.07, 6.45) is 10.0. The molecule has 0 radical (unpaired) electrons. The van der Waals surface area contributed by atoms with E-state index in [1.165, 1.54) is 32.1 Å². The van der Waals surface area contributed by atoms with Crippen molar-refractivity contribution in [1.82, 2.24) is 15.1 Å². The maximum Gasteiger partial charge on any atom is 0.189 e. The van der Waals surface area contributed by atoms with Gasteiger partial charge in [0.15, 0.2) is 5.96 Å². The van der Waals surface area contributed by atoms with Gasteiger partial charge in [-0.3, -0.25) is 0 Å². The summed E-state index contributed by atoms with van der Waals surface area (Å²) in [7, 11) is 0. The zero-order valence-electron chi connectivity index (χ0n) is 12.8. The van der Waals surface area contributed by atoms with Crippen molar-refractivity contribution < 1.29 is 0 Å². The summed E-state index contributed by atoms with van der Waals surface area (Å²) in [6.45, 7) is 0.557. The lowest BCUT2D eigenvalue weighted by Gasteiger charge is -2.23. The second-order valence-electron chi connectivity index (χ2n) is 5.76. The van der Waals surface area contributed by atoms with E-state index in [0.717, 1.165) is 11.3 Å². The highest BCUT2D eigenvalue weighted by Gasteiger charge is 2.13. The number of benzene rings is 1. The van der Waals surface area contributed by atoms with Gasteiger partial charge in [0, 0.05) is 18.4 Å². The third-order valence-electron chi connectivity index (χ3n) is 4.12. The summed E-state index contributed by atoms with van der Waals surface area (Å²) in [4.78, 5) is 4.50. The van der Waals surface area contributed by atoms with Crippen LogP contribution in [-0.4, -0.2) is 21.8 Å². The molecule has 22 heavy (non-hydrogen) atoms. The number of para-hydroxylation sites is 1. The Bertz CT molecular complexity index is 612. The van der Waals surface area contributed by atoms with Gasteiger partial charge in [0.25, 0.3) is 0 Å². The average Bonchev–Trinajstić information content (AvgIpc) is 3.08. The minimum Gasteiger partial charge on any atom is -0.370 e. The van der Waals surface area contributed by atoms with E-state index in [1.807, 2.05) is 35.1 Å². The van der Waals surface area contributed by atoms with Crippen LogP contribution >= 0.6 is 0 Å². The highest BCUT2D eigenvalue weighted by atomic mass is 15.3. The molecular formula is C17H23N5. The molecule has 1 aromatic heterocycles. The topological polar surface area (TPSA) is 68.2 Å². The number of hydrogen-bond donors (Lipinski definition) is 2. The molecule has 3 rings (SSSR count). The fourth-order valence-electron chi connectivity index (χ4n) is 2.95. The van der Waals surface area contributed by atoms with Gasteiger partial charge < -0.3 is 11.1 Å². The number of nitrogens with one attached hydrogen (secondary N) is 1. The fourth-order valence-corrected chi connectivity index (χ4v) is 2.95. The van der Waals surface area contributed by atoms with Gasteiger partial charge in [-0.25, -0.2) is 9.67 Å². The molecule has 1 fully saturated rings. The van der Waals surface area contributed by atoms with Crippen molar-refractivity contribution in [1.29, 1.82) is 0 Å². The minimum absolute atomic E-state index is 0.485. The molecule has 0 unspecified atom stereocenters. The Morgan fingerprint density at radius 1 is 1.23 bits per heavy atom. The summed E-state index contributed by atoms with van der Waals surface area (Å²) >= 11 is 0. The van der Waals surface area contributed by atoms with Crippen molar-refractivity contribution in [2.24, 2.45) is 10.7 Å². The molecule has 1 aromatic carbocycles. The average molecular weight is 297 g/mol. The van der Waals surface area contributed by atoms with Gasteiger partial charge >= 0.3 is 0 Å². The van der Waals surface area contributed by atoms with Gasteiger partial charge in [-0.15, -0.1) is 0 Å². The molecule has 0 amide bonds. The van der Waals surface area contributed by atoms with Crippen LogP contribution in [0.4, 0.5) is 0 Å². The van der Waals surface area contributed by atoms with Gasteiger partial charge in [0.05, 0.1) is 12.2 Å². The second kappa shape index (κ2) is 7.11. The number of aromatic nitrogens is 2. The molecular weight excluding hydrogens is 274 g/mol. The molecule has 5 heteroatoms. The van der Waals surface area contributed by atoms with Crippen LogP contribution in [0.1, 0.15) is 37.7 Å². The molecule has 0 spiro atoms. The molecule has 2 aromatic rings. The van der Waals surface area contributed by atoms with E-state index in [1.54, 1.807) is 6.20 Å². The molecule has 0 bridgehead atoms. The van der Waals surface area contributed by atoms with Gasteiger partial charge in [-0.05, 0) is 30.5 Å². The van der Waals surface area contributed by atoms with E-state index in [2.05, 4.69) is 21.5 Å². The van der Waals surface area contributed by atoms with Crippen molar-refractivity contribution in [3.63, 3.8) is 0 Å². The number of rotatable bonds is 4. The van der Waals surface area contributed by atoms with E-state index < -0.39 is 0 Å². The van der Waals surface area contributed by atoms with E-state index in [0.29, 0.717) is 18.5 Å². The number of hydrogen-bond acceptors (Lipinski definition) is 2. The first-order chi connectivity index (χ1) is 10.8. The van der Waals surface area contributed by atoms with Gasteiger partial charge in [-0.2, -0.15) is 5.10 Å². The maximum atomic E-state index is 6.04. The summed E-state index contributed by atoms with van der Waals surface area (Å²) in [6, 6.07) is 10.5. The quantitative estimate of drug-likeness (QED) is 0.673.